The number of benzene rings is 2. The van der Waals surface area contributed by atoms with Crippen LogP contribution in [-0.4, -0.2) is 15.2 Å². The number of aromatic nitrogens is 2. The van der Waals surface area contributed by atoms with Gasteiger partial charge in [0.05, 0.1) is 5.56 Å². The summed E-state index contributed by atoms with van der Waals surface area (Å²) < 4.78 is 31.3. The molecule has 3 rings (SSSR count). The van der Waals surface area contributed by atoms with E-state index in [9.17, 15) is 13.9 Å². The lowest BCUT2D eigenvalue weighted by Gasteiger charge is -1.98. The van der Waals surface area contributed by atoms with Crippen LogP contribution in [0.1, 0.15) is 11.4 Å². The number of phenolic OH excluding ortho intramolecular Hbond substituents is 1. The summed E-state index contributed by atoms with van der Waals surface area (Å²) in [6.45, 7) is 0. The smallest absolute Gasteiger partial charge is 0.261 e. The molecule has 1 aromatic heterocycles. The number of hydrogen-bond acceptors (Lipinski definition) is 4. The Morgan fingerprint density at radius 1 is 1.05 bits per heavy atom. The van der Waals surface area contributed by atoms with Gasteiger partial charge in [-0.15, -0.1) is 0 Å². The number of phenols is 1. The summed E-state index contributed by atoms with van der Waals surface area (Å²) in [5, 5.41) is 13.5. The fourth-order valence-corrected chi connectivity index (χ4v) is 1.99. The van der Waals surface area contributed by atoms with Crippen LogP contribution in [0.15, 0.2) is 47.0 Å². The van der Waals surface area contributed by atoms with Crippen molar-refractivity contribution in [1.29, 1.82) is 0 Å². The Kier molecular flexibility index (Phi) is 3.35. The molecule has 0 amide bonds. The second kappa shape index (κ2) is 5.32. The van der Waals surface area contributed by atoms with Crippen molar-refractivity contribution < 1.29 is 18.4 Å². The molecule has 0 unspecified atom stereocenters. The SMILES string of the molecule is Oc1ccccc1-c1nc(Cc2cc(F)cc(F)c2)no1. The molecular formula is C15H10F2N2O2. The number of hydrogen-bond donors (Lipinski definition) is 1. The van der Waals surface area contributed by atoms with Crippen molar-refractivity contribution in [3.05, 3.63) is 65.5 Å². The first kappa shape index (κ1) is 13.2. The molecule has 106 valence electrons. The normalized spacial score (nSPS) is 10.8. The van der Waals surface area contributed by atoms with Crippen LogP contribution in [0.3, 0.4) is 0 Å². The molecule has 0 aliphatic rings. The van der Waals surface area contributed by atoms with Gasteiger partial charge < -0.3 is 9.63 Å². The van der Waals surface area contributed by atoms with Gasteiger partial charge in [-0.2, -0.15) is 4.98 Å². The molecule has 1 heterocycles. The largest absolute Gasteiger partial charge is 0.507 e. The van der Waals surface area contributed by atoms with Crippen LogP contribution in [0.25, 0.3) is 11.5 Å². The molecule has 0 aliphatic carbocycles. The maximum Gasteiger partial charge on any atom is 0.261 e. The summed E-state index contributed by atoms with van der Waals surface area (Å²) >= 11 is 0. The lowest BCUT2D eigenvalue weighted by atomic mass is 10.1. The minimum Gasteiger partial charge on any atom is -0.507 e. The van der Waals surface area contributed by atoms with Gasteiger partial charge in [0, 0.05) is 12.5 Å². The molecule has 0 spiro atoms. The van der Waals surface area contributed by atoms with Crippen LogP contribution < -0.4 is 0 Å². The van der Waals surface area contributed by atoms with Gasteiger partial charge in [-0.1, -0.05) is 17.3 Å². The van der Waals surface area contributed by atoms with Gasteiger partial charge in [-0.05, 0) is 29.8 Å². The molecule has 3 aromatic rings. The lowest BCUT2D eigenvalue weighted by molar-refractivity contribution is 0.418. The quantitative estimate of drug-likeness (QED) is 0.803. The summed E-state index contributed by atoms with van der Waals surface area (Å²) in [7, 11) is 0. The van der Waals surface area contributed by atoms with Crippen molar-refractivity contribution in [2.24, 2.45) is 0 Å². The predicted molar refractivity (Wildman–Crippen MR) is 70.6 cm³/mol. The van der Waals surface area contributed by atoms with E-state index in [1.165, 1.54) is 18.2 Å². The Morgan fingerprint density at radius 3 is 2.48 bits per heavy atom. The summed E-state index contributed by atoms with van der Waals surface area (Å²) in [6.07, 6.45) is 0.131. The van der Waals surface area contributed by atoms with Crippen molar-refractivity contribution in [1.82, 2.24) is 10.1 Å². The Bertz CT molecular complexity index is 767. The molecule has 0 atom stereocenters. The highest BCUT2D eigenvalue weighted by atomic mass is 19.1. The molecule has 0 fully saturated rings. The Hall–Kier alpha value is -2.76. The van der Waals surface area contributed by atoms with Crippen LogP contribution >= 0.6 is 0 Å². The third-order valence-electron chi connectivity index (χ3n) is 2.89. The molecule has 0 saturated heterocycles. The van der Waals surface area contributed by atoms with Crippen molar-refractivity contribution in [3.8, 4) is 17.2 Å². The van der Waals surface area contributed by atoms with E-state index < -0.39 is 11.6 Å². The molecule has 1 N–H and O–H groups in total. The van der Waals surface area contributed by atoms with Crippen LogP contribution in [0.4, 0.5) is 8.78 Å². The Morgan fingerprint density at radius 2 is 1.76 bits per heavy atom. The van der Waals surface area contributed by atoms with Crippen molar-refractivity contribution >= 4 is 0 Å². The third kappa shape index (κ3) is 2.89. The highest BCUT2D eigenvalue weighted by Gasteiger charge is 2.13. The van der Waals surface area contributed by atoms with Crippen molar-refractivity contribution in [2.45, 2.75) is 6.42 Å². The van der Waals surface area contributed by atoms with Crippen molar-refractivity contribution in [2.75, 3.05) is 0 Å². The van der Waals surface area contributed by atoms with E-state index in [4.69, 9.17) is 4.52 Å². The first-order valence-corrected chi connectivity index (χ1v) is 6.18. The first-order valence-electron chi connectivity index (χ1n) is 6.18. The molecular weight excluding hydrogens is 278 g/mol. The zero-order valence-electron chi connectivity index (χ0n) is 10.8. The fourth-order valence-electron chi connectivity index (χ4n) is 1.99. The fraction of sp³-hybridized carbons (Fsp3) is 0.0667. The van der Waals surface area contributed by atoms with E-state index in [1.807, 2.05) is 0 Å². The zero-order valence-corrected chi connectivity index (χ0v) is 10.8. The number of rotatable bonds is 3. The maximum atomic E-state index is 13.1. The van der Waals surface area contributed by atoms with Gasteiger partial charge >= 0.3 is 0 Å². The molecule has 0 bridgehead atoms. The van der Waals surface area contributed by atoms with Gasteiger partial charge in [-0.25, -0.2) is 8.78 Å². The second-order valence-electron chi connectivity index (χ2n) is 4.49. The highest BCUT2D eigenvalue weighted by molar-refractivity contribution is 5.61. The minimum atomic E-state index is -0.658. The number of halogens is 2. The maximum absolute atomic E-state index is 13.1. The summed E-state index contributed by atoms with van der Waals surface area (Å²) in [6, 6.07) is 9.74. The third-order valence-corrected chi connectivity index (χ3v) is 2.89. The summed E-state index contributed by atoms with van der Waals surface area (Å²) in [4.78, 5) is 4.11. The average molecular weight is 288 g/mol. The van der Waals surface area contributed by atoms with E-state index >= 15 is 0 Å². The molecule has 4 nitrogen and oxygen atoms in total. The number of aromatic hydroxyl groups is 1. The van der Waals surface area contributed by atoms with Gasteiger partial charge in [0.1, 0.15) is 17.4 Å². The standard InChI is InChI=1S/C15H10F2N2O2/c16-10-5-9(6-11(17)8-10)7-14-18-15(21-19-14)12-3-1-2-4-13(12)20/h1-6,8,20H,7H2. The van der Waals surface area contributed by atoms with Gasteiger partial charge in [0.25, 0.3) is 5.89 Å². The molecule has 6 heteroatoms. The minimum absolute atomic E-state index is 0.0181. The molecule has 0 saturated carbocycles. The second-order valence-corrected chi connectivity index (χ2v) is 4.49. The van der Waals surface area contributed by atoms with Crippen LogP contribution in [0.5, 0.6) is 5.75 Å². The van der Waals surface area contributed by atoms with Gasteiger partial charge in [0.15, 0.2) is 5.82 Å². The van der Waals surface area contributed by atoms with E-state index in [0.29, 0.717) is 11.1 Å². The van der Waals surface area contributed by atoms with Crippen molar-refractivity contribution in [3.63, 3.8) is 0 Å². The average Bonchev–Trinajstić information content (AvgIpc) is 2.86. The first-order chi connectivity index (χ1) is 10.1. The zero-order chi connectivity index (χ0) is 14.8. The Labute approximate surface area is 118 Å². The van der Waals surface area contributed by atoms with E-state index in [1.54, 1.807) is 18.2 Å². The number of para-hydroxylation sites is 1. The predicted octanol–water partition coefficient (Wildman–Crippen LogP) is 3.31. The monoisotopic (exact) mass is 288 g/mol. The van der Waals surface area contributed by atoms with Gasteiger partial charge in [-0.3, -0.25) is 0 Å². The van der Waals surface area contributed by atoms with Crippen LogP contribution in [0, 0.1) is 11.6 Å². The van der Waals surface area contributed by atoms with E-state index in [2.05, 4.69) is 10.1 Å². The van der Waals surface area contributed by atoms with Gasteiger partial charge in [0.2, 0.25) is 0 Å². The van der Waals surface area contributed by atoms with Crippen LogP contribution in [0.2, 0.25) is 0 Å². The molecule has 21 heavy (non-hydrogen) atoms. The summed E-state index contributed by atoms with van der Waals surface area (Å²) in [5.74, 6) is -0.869. The Balaban J connectivity index is 1.87. The molecule has 0 aliphatic heterocycles. The summed E-state index contributed by atoms with van der Waals surface area (Å²) in [5.41, 5.74) is 0.804. The lowest BCUT2D eigenvalue weighted by Crippen LogP contribution is -1.93. The topological polar surface area (TPSA) is 59.2 Å². The molecule has 2 aromatic carbocycles. The highest BCUT2D eigenvalue weighted by Crippen LogP contribution is 2.27. The van der Waals surface area contributed by atoms with E-state index in [0.717, 1.165) is 6.07 Å². The van der Waals surface area contributed by atoms with Crippen LogP contribution in [-0.2, 0) is 6.42 Å². The number of nitrogens with zero attached hydrogens (tertiary/aromatic N) is 2. The van der Waals surface area contributed by atoms with E-state index in [-0.39, 0.29) is 23.9 Å². The molecule has 0 radical (unpaired) electrons.